The topological polar surface area (TPSA) is 52.7 Å². The van der Waals surface area contributed by atoms with Gasteiger partial charge >= 0.3 is 0 Å². The van der Waals surface area contributed by atoms with Crippen molar-refractivity contribution in [2.24, 2.45) is 0 Å². The molecule has 4 rings (SSSR count). The van der Waals surface area contributed by atoms with Crippen molar-refractivity contribution in [1.82, 2.24) is 0 Å². The highest BCUT2D eigenvalue weighted by molar-refractivity contribution is 6.46. The molecule has 0 spiro atoms. The molecule has 0 fully saturated rings. The maximum Gasteiger partial charge on any atom is 0.282 e. The molecule has 5 nitrogen and oxygen atoms in total. The number of nitrogens with zero attached hydrogens (tertiary/aromatic N) is 2. The molecule has 32 heavy (non-hydrogen) atoms. The Balaban J connectivity index is 1.80. The molecule has 0 saturated heterocycles. The number of carbonyl (C=O) groups is 2. The van der Waals surface area contributed by atoms with Crippen LogP contribution in [0.5, 0.6) is 0 Å². The molecule has 1 heterocycles. The number of nitrogens with one attached hydrogen (secondary N) is 1. The molecule has 0 aromatic heterocycles. The van der Waals surface area contributed by atoms with Crippen molar-refractivity contribution in [3.8, 4) is 0 Å². The Kier molecular flexibility index (Phi) is 5.53. The van der Waals surface area contributed by atoms with E-state index >= 15 is 0 Å². The monoisotopic (exact) mass is 429 g/mol. The van der Waals surface area contributed by atoms with Gasteiger partial charge in [0.15, 0.2) is 0 Å². The van der Waals surface area contributed by atoms with Gasteiger partial charge in [-0.25, -0.2) is 9.29 Å². The predicted molar refractivity (Wildman–Crippen MR) is 126 cm³/mol. The Hall–Kier alpha value is -3.93. The van der Waals surface area contributed by atoms with E-state index in [1.54, 1.807) is 12.1 Å². The summed E-state index contributed by atoms with van der Waals surface area (Å²) in [5.74, 6) is -1.24. The second-order valence-corrected chi connectivity index (χ2v) is 8.04. The van der Waals surface area contributed by atoms with Gasteiger partial charge < -0.3 is 10.2 Å². The van der Waals surface area contributed by atoms with Crippen molar-refractivity contribution in [3.63, 3.8) is 0 Å². The third-order valence-corrected chi connectivity index (χ3v) is 5.62. The smallest absolute Gasteiger partial charge is 0.282 e. The summed E-state index contributed by atoms with van der Waals surface area (Å²) in [5.41, 5.74) is 5.20. The molecule has 1 aliphatic heterocycles. The number of hydrogen-bond acceptors (Lipinski definition) is 4. The van der Waals surface area contributed by atoms with Crippen LogP contribution in [-0.4, -0.2) is 25.9 Å². The highest BCUT2D eigenvalue weighted by atomic mass is 19.1. The number of amides is 2. The minimum Gasteiger partial charge on any atom is -0.378 e. The third-order valence-electron chi connectivity index (χ3n) is 5.62. The van der Waals surface area contributed by atoms with Crippen LogP contribution < -0.4 is 15.1 Å². The number of imide groups is 1. The molecule has 1 aliphatic rings. The van der Waals surface area contributed by atoms with E-state index < -0.39 is 11.8 Å². The molecular formula is C26H24FN3O2. The minimum atomic E-state index is -0.454. The van der Waals surface area contributed by atoms with Crippen LogP contribution in [0.3, 0.4) is 0 Å². The molecule has 1 N–H and O–H groups in total. The third kappa shape index (κ3) is 3.87. The lowest BCUT2D eigenvalue weighted by atomic mass is 9.99. The van der Waals surface area contributed by atoms with Gasteiger partial charge in [-0.2, -0.15) is 0 Å². The normalized spacial score (nSPS) is 13.7. The van der Waals surface area contributed by atoms with E-state index in [0.717, 1.165) is 16.8 Å². The summed E-state index contributed by atoms with van der Waals surface area (Å²) in [4.78, 5) is 30.1. The Morgan fingerprint density at radius 1 is 0.812 bits per heavy atom. The molecule has 0 radical (unpaired) electrons. The van der Waals surface area contributed by atoms with Crippen LogP contribution >= 0.6 is 0 Å². The maximum atomic E-state index is 13.5. The summed E-state index contributed by atoms with van der Waals surface area (Å²) in [6, 6.07) is 18.6. The molecule has 162 valence electrons. The molecule has 2 amide bonds. The predicted octanol–water partition coefficient (Wildman–Crippen LogP) is 4.91. The van der Waals surface area contributed by atoms with Crippen molar-refractivity contribution in [2.75, 3.05) is 29.2 Å². The SMILES string of the molecule is Cc1ccc(C2=C(Nc3ccc(F)cc3)C(=O)N(c3ccc(N(C)C)cc3)C2=O)cc1C. The first-order chi connectivity index (χ1) is 15.3. The van der Waals surface area contributed by atoms with Crippen LogP contribution in [0.4, 0.5) is 21.5 Å². The summed E-state index contributed by atoms with van der Waals surface area (Å²) in [6.07, 6.45) is 0. The van der Waals surface area contributed by atoms with E-state index in [1.165, 1.54) is 29.2 Å². The fraction of sp³-hybridized carbons (Fsp3) is 0.154. The van der Waals surface area contributed by atoms with Crippen LogP contribution in [0.15, 0.2) is 72.4 Å². The first-order valence-corrected chi connectivity index (χ1v) is 10.3. The van der Waals surface area contributed by atoms with Gasteiger partial charge in [-0.05, 0) is 79.1 Å². The van der Waals surface area contributed by atoms with Gasteiger partial charge in [0.25, 0.3) is 11.8 Å². The first-order valence-electron chi connectivity index (χ1n) is 10.3. The first kappa shape index (κ1) is 21.3. The van der Waals surface area contributed by atoms with Gasteiger partial charge in [-0.1, -0.05) is 18.2 Å². The molecule has 6 heteroatoms. The van der Waals surface area contributed by atoms with Crippen molar-refractivity contribution < 1.29 is 14.0 Å². The quantitative estimate of drug-likeness (QED) is 0.586. The van der Waals surface area contributed by atoms with E-state index in [0.29, 0.717) is 22.5 Å². The van der Waals surface area contributed by atoms with E-state index in [2.05, 4.69) is 5.32 Å². The van der Waals surface area contributed by atoms with Crippen molar-refractivity contribution in [3.05, 3.63) is 94.9 Å². The summed E-state index contributed by atoms with van der Waals surface area (Å²) < 4.78 is 13.4. The van der Waals surface area contributed by atoms with Gasteiger partial charge in [0.05, 0.1) is 11.3 Å². The van der Waals surface area contributed by atoms with Gasteiger partial charge in [-0.3, -0.25) is 9.59 Å². The zero-order valence-electron chi connectivity index (χ0n) is 18.4. The lowest BCUT2D eigenvalue weighted by molar-refractivity contribution is -0.120. The highest BCUT2D eigenvalue weighted by Gasteiger charge is 2.40. The zero-order valence-corrected chi connectivity index (χ0v) is 18.4. The van der Waals surface area contributed by atoms with Gasteiger partial charge in [0.1, 0.15) is 11.5 Å². The largest absolute Gasteiger partial charge is 0.378 e. The summed E-state index contributed by atoms with van der Waals surface area (Å²) in [5, 5.41) is 3.05. The van der Waals surface area contributed by atoms with Gasteiger partial charge in [-0.15, -0.1) is 0 Å². The average molecular weight is 429 g/mol. The van der Waals surface area contributed by atoms with Gasteiger partial charge in [0.2, 0.25) is 0 Å². The Morgan fingerprint density at radius 3 is 2.06 bits per heavy atom. The van der Waals surface area contributed by atoms with Crippen LogP contribution in [-0.2, 0) is 9.59 Å². The van der Waals surface area contributed by atoms with Gasteiger partial charge in [0, 0.05) is 25.5 Å². The number of benzene rings is 3. The molecule has 3 aromatic carbocycles. The fourth-order valence-corrected chi connectivity index (χ4v) is 3.62. The number of aryl methyl sites for hydroxylation is 2. The maximum absolute atomic E-state index is 13.5. The van der Waals surface area contributed by atoms with Crippen LogP contribution in [0.25, 0.3) is 5.57 Å². The molecular weight excluding hydrogens is 405 g/mol. The Bertz CT molecular complexity index is 1230. The van der Waals surface area contributed by atoms with Crippen molar-refractivity contribution >= 4 is 34.4 Å². The van der Waals surface area contributed by atoms with E-state index in [1.807, 2.05) is 63.2 Å². The second-order valence-electron chi connectivity index (χ2n) is 8.04. The van der Waals surface area contributed by atoms with Crippen LogP contribution in [0.2, 0.25) is 0 Å². The lowest BCUT2D eigenvalue weighted by Crippen LogP contribution is -2.32. The highest BCUT2D eigenvalue weighted by Crippen LogP contribution is 2.35. The number of hydrogen-bond donors (Lipinski definition) is 1. The molecule has 0 unspecified atom stereocenters. The second kappa shape index (κ2) is 8.30. The van der Waals surface area contributed by atoms with E-state index in [4.69, 9.17) is 0 Å². The van der Waals surface area contributed by atoms with Crippen LogP contribution in [0, 0.1) is 19.7 Å². The number of rotatable bonds is 5. The average Bonchev–Trinajstić information content (AvgIpc) is 3.01. The Morgan fingerprint density at radius 2 is 1.47 bits per heavy atom. The standard InChI is InChI=1S/C26H24FN3O2/c1-16-5-6-18(15-17(16)2)23-24(28-20-9-7-19(27)8-10-20)26(32)30(25(23)31)22-13-11-21(12-14-22)29(3)4/h5-15,28H,1-4H3. The molecule has 0 bridgehead atoms. The minimum absolute atomic E-state index is 0.168. The van der Waals surface area contributed by atoms with Crippen molar-refractivity contribution in [2.45, 2.75) is 13.8 Å². The fourth-order valence-electron chi connectivity index (χ4n) is 3.62. The van der Waals surface area contributed by atoms with Crippen LogP contribution in [0.1, 0.15) is 16.7 Å². The number of anilines is 3. The summed E-state index contributed by atoms with van der Waals surface area (Å²) in [6.45, 7) is 3.96. The zero-order chi connectivity index (χ0) is 23.0. The Labute approximate surface area is 186 Å². The summed E-state index contributed by atoms with van der Waals surface area (Å²) >= 11 is 0. The number of halogens is 1. The molecule has 3 aromatic rings. The summed E-state index contributed by atoms with van der Waals surface area (Å²) in [7, 11) is 3.84. The molecule has 0 atom stereocenters. The van der Waals surface area contributed by atoms with Crippen molar-refractivity contribution in [1.29, 1.82) is 0 Å². The van der Waals surface area contributed by atoms with E-state index in [-0.39, 0.29) is 11.5 Å². The molecule has 0 aliphatic carbocycles. The van der Waals surface area contributed by atoms with E-state index in [9.17, 15) is 14.0 Å². The number of carbonyl (C=O) groups excluding carboxylic acids is 2. The molecule has 0 saturated carbocycles. The lowest BCUT2D eigenvalue weighted by Gasteiger charge is -2.18.